The van der Waals surface area contributed by atoms with E-state index in [2.05, 4.69) is 0 Å². The summed E-state index contributed by atoms with van der Waals surface area (Å²) in [6.45, 7) is 2.60. The molecule has 1 aromatic carbocycles. The predicted molar refractivity (Wildman–Crippen MR) is 88.9 cm³/mol. The second kappa shape index (κ2) is 6.09. The van der Waals surface area contributed by atoms with Gasteiger partial charge in [0.15, 0.2) is 0 Å². The van der Waals surface area contributed by atoms with E-state index in [0.29, 0.717) is 24.5 Å². The number of aliphatic carboxylic acids is 1. The van der Waals surface area contributed by atoms with Crippen LogP contribution in [0.1, 0.15) is 19.8 Å². The van der Waals surface area contributed by atoms with Crippen molar-refractivity contribution in [2.45, 2.75) is 19.8 Å². The van der Waals surface area contributed by atoms with E-state index >= 15 is 0 Å². The minimum atomic E-state index is -0.895. The molecule has 3 rings (SSSR count). The maximum absolute atomic E-state index is 12.7. The van der Waals surface area contributed by atoms with E-state index in [-0.39, 0.29) is 24.8 Å². The normalized spacial score (nSPS) is 26.9. The quantitative estimate of drug-likeness (QED) is 0.904. The van der Waals surface area contributed by atoms with Gasteiger partial charge >= 0.3 is 5.97 Å². The molecular weight excluding hydrogens is 332 g/mol. The van der Waals surface area contributed by atoms with Crippen molar-refractivity contribution in [2.75, 3.05) is 24.5 Å². The zero-order valence-corrected chi connectivity index (χ0v) is 14.1. The largest absolute Gasteiger partial charge is 0.481 e. The summed E-state index contributed by atoms with van der Waals surface area (Å²) in [5.74, 6) is -1.55. The van der Waals surface area contributed by atoms with Crippen LogP contribution in [0.4, 0.5) is 5.69 Å². The lowest BCUT2D eigenvalue weighted by Crippen LogP contribution is -2.39. The Morgan fingerprint density at radius 3 is 2.54 bits per heavy atom. The standard InChI is InChI=1S/C17H19ClN2O4/c1-17(16(23)24)6-7-19(10-17)15(22)11-8-14(21)20(9-11)13-4-2-12(18)3-5-13/h2-5,11H,6-10H2,1H3,(H,23,24). The van der Waals surface area contributed by atoms with Crippen molar-refractivity contribution >= 4 is 35.1 Å². The van der Waals surface area contributed by atoms with Gasteiger partial charge in [-0.15, -0.1) is 0 Å². The molecule has 1 N–H and O–H groups in total. The first-order valence-electron chi connectivity index (χ1n) is 7.88. The average molecular weight is 351 g/mol. The number of benzene rings is 1. The lowest BCUT2D eigenvalue weighted by Gasteiger charge is -2.23. The van der Waals surface area contributed by atoms with E-state index in [1.54, 1.807) is 41.0 Å². The molecule has 24 heavy (non-hydrogen) atoms. The van der Waals surface area contributed by atoms with Crippen LogP contribution in [0, 0.1) is 11.3 Å². The lowest BCUT2D eigenvalue weighted by atomic mass is 9.90. The van der Waals surface area contributed by atoms with Crippen molar-refractivity contribution in [3.8, 4) is 0 Å². The SMILES string of the molecule is CC1(C(=O)O)CCN(C(=O)C2CC(=O)N(c3ccc(Cl)cc3)C2)C1. The van der Waals surface area contributed by atoms with Crippen LogP contribution < -0.4 is 4.90 Å². The van der Waals surface area contributed by atoms with Gasteiger partial charge in [0.05, 0.1) is 11.3 Å². The van der Waals surface area contributed by atoms with Gasteiger partial charge in [0, 0.05) is 36.8 Å². The van der Waals surface area contributed by atoms with Crippen LogP contribution in [0.3, 0.4) is 0 Å². The summed E-state index contributed by atoms with van der Waals surface area (Å²) in [4.78, 5) is 39.4. The Kier molecular flexibility index (Phi) is 4.25. The fraction of sp³-hybridized carbons (Fsp3) is 0.471. The van der Waals surface area contributed by atoms with Gasteiger partial charge in [0.2, 0.25) is 11.8 Å². The summed E-state index contributed by atoms with van der Waals surface area (Å²) in [6.07, 6.45) is 0.595. The zero-order valence-electron chi connectivity index (χ0n) is 13.4. The Morgan fingerprint density at radius 2 is 1.96 bits per heavy atom. The van der Waals surface area contributed by atoms with Gasteiger partial charge in [0.25, 0.3) is 0 Å². The number of likely N-dealkylation sites (tertiary alicyclic amines) is 1. The van der Waals surface area contributed by atoms with E-state index in [4.69, 9.17) is 11.6 Å². The highest BCUT2D eigenvalue weighted by Crippen LogP contribution is 2.33. The molecule has 7 heteroatoms. The van der Waals surface area contributed by atoms with Crippen molar-refractivity contribution in [3.63, 3.8) is 0 Å². The highest BCUT2D eigenvalue weighted by atomic mass is 35.5. The van der Waals surface area contributed by atoms with E-state index in [1.165, 1.54) is 0 Å². The van der Waals surface area contributed by atoms with Gasteiger partial charge in [-0.3, -0.25) is 14.4 Å². The number of anilines is 1. The Morgan fingerprint density at radius 1 is 1.29 bits per heavy atom. The highest BCUT2D eigenvalue weighted by molar-refractivity contribution is 6.30. The molecule has 0 saturated carbocycles. The molecule has 2 saturated heterocycles. The molecule has 0 aromatic heterocycles. The molecule has 2 amide bonds. The zero-order chi connectivity index (χ0) is 17.5. The van der Waals surface area contributed by atoms with Crippen LogP contribution >= 0.6 is 11.6 Å². The lowest BCUT2D eigenvalue weighted by molar-refractivity contribution is -0.147. The average Bonchev–Trinajstić information content (AvgIpc) is 3.12. The first-order chi connectivity index (χ1) is 11.3. The second-order valence-corrected chi connectivity index (χ2v) is 7.19. The van der Waals surface area contributed by atoms with Crippen molar-refractivity contribution in [2.24, 2.45) is 11.3 Å². The number of hydrogen-bond donors (Lipinski definition) is 1. The number of nitrogens with zero attached hydrogens (tertiary/aromatic N) is 2. The highest BCUT2D eigenvalue weighted by Gasteiger charge is 2.45. The third-order valence-electron chi connectivity index (χ3n) is 4.91. The van der Waals surface area contributed by atoms with Gasteiger partial charge < -0.3 is 14.9 Å². The Hall–Kier alpha value is -2.08. The van der Waals surface area contributed by atoms with E-state index in [1.807, 2.05) is 0 Å². The fourth-order valence-corrected chi connectivity index (χ4v) is 3.45. The topological polar surface area (TPSA) is 77.9 Å². The molecular formula is C17H19ClN2O4. The van der Waals surface area contributed by atoms with Gasteiger partial charge in [-0.05, 0) is 37.6 Å². The van der Waals surface area contributed by atoms with E-state index in [9.17, 15) is 19.5 Å². The number of amides is 2. The fourth-order valence-electron chi connectivity index (χ4n) is 3.33. The molecule has 2 heterocycles. The molecule has 6 nitrogen and oxygen atoms in total. The number of halogens is 1. The summed E-state index contributed by atoms with van der Waals surface area (Å²) >= 11 is 5.86. The molecule has 0 radical (unpaired) electrons. The second-order valence-electron chi connectivity index (χ2n) is 6.76. The molecule has 2 aliphatic heterocycles. The molecule has 1 aromatic rings. The molecule has 2 atom stereocenters. The summed E-state index contributed by atoms with van der Waals surface area (Å²) in [5.41, 5.74) is -0.176. The minimum absolute atomic E-state index is 0.101. The molecule has 2 aliphatic rings. The molecule has 0 spiro atoms. The van der Waals surface area contributed by atoms with Crippen molar-refractivity contribution in [1.29, 1.82) is 0 Å². The first kappa shape index (κ1) is 16.8. The molecule has 2 unspecified atom stereocenters. The van der Waals surface area contributed by atoms with Crippen LogP contribution in [-0.4, -0.2) is 47.4 Å². The van der Waals surface area contributed by atoms with Gasteiger partial charge in [-0.25, -0.2) is 0 Å². The Labute approximate surface area is 145 Å². The van der Waals surface area contributed by atoms with Gasteiger partial charge in [0.1, 0.15) is 0 Å². The summed E-state index contributed by atoms with van der Waals surface area (Å²) in [5, 5.41) is 9.87. The number of hydrogen-bond acceptors (Lipinski definition) is 3. The Bertz CT molecular complexity index is 690. The summed E-state index contributed by atoms with van der Waals surface area (Å²) < 4.78 is 0. The van der Waals surface area contributed by atoms with Crippen molar-refractivity contribution in [1.82, 2.24) is 4.90 Å². The van der Waals surface area contributed by atoms with Crippen LogP contribution in [0.2, 0.25) is 5.02 Å². The van der Waals surface area contributed by atoms with Crippen LogP contribution in [0.15, 0.2) is 24.3 Å². The van der Waals surface area contributed by atoms with Gasteiger partial charge in [-0.2, -0.15) is 0 Å². The summed E-state index contributed by atoms with van der Waals surface area (Å²) in [6, 6.07) is 6.92. The van der Waals surface area contributed by atoms with Crippen LogP contribution in [-0.2, 0) is 14.4 Å². The van der Waals surface area contributed by atoms with Gasteiger partial charge in [-0.1, -0.05) is 11.6 Å². The molecule has 128 valence electrons. The maximum atomic E-state index is 12.7. The van der Waals surface area contributed by atoms with Crippen molar-refractivity contribution < 1.29 is 19.5 Å². The molecule has 0 aliphatic carbocycles. The van der Waals surface area contributed by atoms with Crippen molar-refractivity contribution in [3.05, 3.63) is 29.3 Å². The first-order valence-corrected chi connectivity index (χ1v) is 8.26. The number of carbonyl (C=O) groups is 3. The van der Waals surface area contributed by atoms with Crippen LogP contribution in [0.5, 0.6) is 0 Å². The van der Waals surface area contributed by atoms with E-state index < -0.39 is 17.3 Å². The third-order valence-corrected chi connectivity index (χ3v) is 5.17. The smallest absolute Gasteiger partial charge is 0.311 e. The number of rotatable bonds is 3. The monoisotopic (exact) mass is 350 g/mol. The molecule has 0 bridgehead atoms. The molecule has 2 fully saturated rings. The van der Waals surface area contributed by atoms with E-state index in [0.717, 1.165) is 5.69 Å². The van der Waals surface area contributed by atoms with Crippen LogP contribution in [0.25, 0.3) is 0 Å². The number of carbonyl (C=O) groups excluding carboxylic acids is 2. The predicted octanol–water partition coefficient (Wildman–Crippen LogP) is 2.02. The number of carboxylic acids is 1. The minimum Gasteiger partial charge on any atom is -0.481 e. The summed E-state index contributed by atoms with van der Waals surface area (Å²) in [7, 11) is 0. The Balaban J connectivity index is 1.69. The third kappa shape index (κ3) is 2.98. The maximum Gasteiger partial charge on any atom is 0.311 e. The number of carboxylic acid groups (broad SMARTS) is 1.